The predicted molar refractivity (Wildman–Crippen MR) is 79.3 cm³/mol. The van der Waals surface area contributed by atoms with Crippen LogP contribution < -0.4 is 10.1 Å². The zero-order valence-corrected chi connectivity index (χ0v) is 12.5. The van der Waals surface area contributed by atoms with Crippen LogP contribution in [0.5, 0.6) is 5.75 Å². The Hall–Kier alpha value is -2.04. The van der Waals surface area contributed by atoms with Gasteiger partial charge in [0.2, 0.25) is 5.91 Å². The molecule has 3 fully saturated rings. The highest BCUT2D eigenvalue weighted by Gasteiger charge is 2.63. The number of hydrogen-bond acceptors (Lipinski definition) is 4. The summed E-state index contributed by atoms with van der Waals surface area (Å²) in [6.45, 7) is 2.45. The van der Waals surface area contributed by atoms with Crippen LogP contribution in [0, 0.1) is 23.7 Å². The molecule has 116 valence electrons. The van der Waals surface area contributed by atoms with Crippen LogP contribution in [0.15, 0.2) is 24.3 Å². The fraction of sp³-hybridized carbons (Fsp3) is 0.529. The van der Waals surface area contributed by atoms with Gasteiger partial charge in [0, 0.05) is 5.92 Å². The summed E-state index contributed by atoms with van der Waals surface area (Å²) in [5.74, 6) is 0.401. The number of anilines is 1. The van der Waals surface area contributed by atoms with Gasteiger partial charge in [0.1, 0.15) is 11.9 Å². The molecule has 0 unspecified atom stereocenters. The van der Waals surface area contributed by atoms with Crippen LogP contribution in [-0.4, -0.2) is 24.6 Å². The highest BCUT2D eigenvalue weighted by Crippen LogP contribution is 2.57. The normalized spacial score (nSPS) is 34.6. The van der Waals surface area contributed by atoms with Crippen LogP contribution in [0.25, 0.3) is 0 Å². The van der Waals surface area contributed by atoms with Gasteiger partial charge in [0.15, 0.2) is 0 Å². The number of carbonyl (C=O) groups excluding carboxylic acids is 2. The van der Waals surface area contributed by atoms with Gasteiger partial charge in [-0.1, -0.05) is 12.1 Å². The SMILES string of the molecule is CCOc1ccccc1NC(=O)[C@@H]1[C@@H]2C[C@H]3[C@@H]1C(=O)O[C@@H]3C2. The van der Waals surface area contributed by atoms with E-state index in [-0.39, 0.29) is 41.7 Å². The first-order valence-corrected chi connectivity index (χ1v) is 7.92. The van der Waals surface area contributed by atoms with Crippen molar-refractivity contribution >= 4 is 17.6 Å². The largest absolute Gasteiger partial charge is 0.492 e. The Labute approximate surface area is 129 Å². The first-order valence-electron chi connectivity index (χ1n) is 7.92. The molecule has 1 saturated heterocycles. The van der Waals surface area contributed by atoms with Crippen LogP contribution in [0.2, 0.25) is 0 Å². The molecule has 4 rings (SSSR count). The number of hydrogen-bond donors (Lipinski definition) is 1. The van der Waals surface area contributed by atoms with Gasteiger partial charge < -0.3 is 14.8 Å². The van der Waals surface area contributed by atoms with Gasteiger partial charge in [-0.2, -0.15) is 0 Å². The Morgan fingerprint density at radius 3 is 3.00 bits per heavy atom. The summed E-state index contributed by atoms with van der Waals surface area (Å²) >= 11 is 0. The molecular weight excluding hydrogens is 282 g/mol. The molecule has 5 nitrogen and oxygen atoms in total. The van der Waals surface area contributed by atoms with E-state index in [0.29, 0.717) is 18.0 Å². The molecule has 0 aromatic heterocycles. The number of para-hydroxylation sites is 2. The van der Waals surface area contributed by atoms with Gasteiger partial charge in [-0.3, -0.25) is 9.59 Å². The topological polar surface area (TPSA) is 64.6 Å². The van der Waals surface area contributed by atoms with Crippen molar-refractivity contribution in [2.24, 2.45) is 23.7 Å². The third-order valence-electron chi connectivity index (χ3n) is 5.23. The number of benzene rings is 1. The van der Waals surface area contributed by atoms with Gasteiger partial charge in [-0.25, -0.2) is 0 Å². The number of rotatable bonds is 4. The van der Waals surface area contributed by atoms with Crippen molar-refractivity contribution in [3.63, 3.8) is 0 Å². The molecule has 5 heteroatoms. The van der Waals surface area contributed by atoms with Crippen LogP contribution in [0.3, 0.4) is 0 Å². The summed E-state index contributed by atoms with van der Waals surface area (Å²) in [6.07, 6.45) is 1.83. The molecule has 0 radical (unpaired) electrons. The standard InChI is InChI=1S/C17H19NO4/c1-2-21-12-6-4-3-5-11(12)18-16(19)14-9-7-10-13(8-9)22-17(20)15(10)14/h3-6,9-10,13-15H,2,7-8H2,1H3,(H,18,19)/t9-,10-,13-,14-,15+/m1/s1. The second-order valence-electron chi connectivity index (χ2n) is 6.34. The lowest BCUT2D eigenvalue weighted by Gasteiger charge is -2.24. The summed E-state index contributed by atoms with van der Waals surface area (Å²) in [5.41, 5.74) is 0.667. The van der Waals surface area contributed by atoms with Crippen LogP contribution in [0.1, 0.15) is 19.8 Å². The quantitative estimate of drug-likeness (QED) is 0.866. The molecular formula is C17H19NO4. The zero-order chi connectivity index (χ0) is 15.3. The summed E-state index contributed by atoms with van der Waals surface area (Å²) < 4.78 is 10.9. The molecule has 2 saturated carbocycles. The fourth-order valence-electron chi connectivity index (χ4n) is 4.43. The van der Waals surface area contributed by atoms with Crippen molar-refractivity contribution < 1.29 is 19.1 Å². The number of esters is 1. The monoisotopic (exact) mass is 301 g/mol. The number of fused-ring (bicyclic) bond motifs is 1. The van der Waals surface area contributed by atoms with Gasteiger partial charge in [0.05, 0.1) is 24.1 Å². The van der Waals surface area contributed by atoms with Crippen molar-refractivity contribution in [1.82, 2.24) is 0 Å². The van der Waals surface area contributed by atoms with E-state index in [2.05, 4.69) is 5.32 Å². The maximum Gasteiger partial charge on any atom is 0.310 e. The third-order valence-corrected chi connectivity index (χ3v) is 5.23. The highest BCUT2D eigenvalue weighted by molar-refractivity contribution is 5.97. The van der Waals surface area contributed by atoms with E-state index >= 15 is 0 Å². The average Bonchev–Trinajstić information content (AvgIpc) is 3.11. The van der Waals surface area contributed by atoms with Crippen LogP contribution in [0.4, 0.5) is 5.69 Å². The Bertz CT molecular complexity index is 627. The maximum atomic E-state index is 12.7. The van der Waals surface area contributed by atoms with E-state index in [4.69, 9.17) is 9.47 Å². The first-order chi connectivity index (χ1) is 10.7. The molecule has 1 N–H and O–H groups in total. The molecule has 0 spiro atoms. The van der Waals surface area contributed by atoms with Crippen LogP contribution >= 0.6 is 0 Å². The number of ether oxygens (including phenoxy) is 2. The third kappa shape index (κ3) is 1.91. The minimum Gasteiger partial charge on any atom is -0.492 e. The fourth-order valence-corrected chi connectivity index (χ4v) is 4.43. The second kappa shape index (κ2) is 5.00. The molecule has 1 heterocycles. The zero-order valence-electron chi connectivity index (χ0n) is 12.5. The van der Waals surface area contributed by atoms with E-state index in [9.17, 15) is 9.59 Å². The smallest absolute Gasteiger partial charge is 0.310 e. The van der Waals surface area contributed by atoms with E-state index in [1.54, 1.807) is 0 Å². The highest BCUT2D eigenvalue weighted by atomic mass is 16.6. The molecule has 1 aliphatic heterocycles. The molecule has 5 atom stereocenters. The molecule has 1 amide bonds. The molecule has 2 bridgehead atoms. The Morgan fingerprint density at radius 2 is 2.18 bits per heavy atom. The number of carbonyl (C=O) groups is 2. The lowest BCUT2D eigenvalue weighted by atomic mass is 9.79. The average molecular weight is 301 g/mol. The van der Waals surface area contributed by atoms with Crippen LogP contribution in [-0.2, 0) is 14.3 Å². The van der Waals surface area contributed by atoms with Gasteiger partial charge in [0.25, 0.3) is 0 Å². The first kappa shape index (κ1) is 13.6. The minimum absolute atomic E-state index is 0.0576. The van der Waals surface area contributed by atoms with E-state index in [0.717, 1.165) is 12.8 Å². The summed E-state index contributed by atoms with van der Waals surface area (Å²) in [4.78, 5) is 24.7. The van der Waals surface area contributed by atoms with Crippen molar-refractivity contribution in [2.45, 2.75) is 25.9 Å². The summed E-state index contributed by atoms with van der Waals surface area (Å²) in [7, 11) is 0. The van der Waals surface area contributed by atoms with Crippen molar-refractivity contribution in [2.75, 3.05) is 11.9 Å². The molecule has 2 aliphatic carbocycles. The summed E-state index contributed by atoms with van der Waals surface area (Å²) in [6, 6.07) is 7.39. The minimum atomic E-state index is -0.258. The second-order valence-corrected chi connectivity index (χ2v) is 6.34. The lowest BCUT2D eigenvalue weighted by Crippen LogP contribution is -2.35. The van der Waals surface area contributed by atoms with E-state index < -0.39 is 0 Å². The molecule has 1 aromatic carbocycles. The Morgan fingerprint density at radius 1 is 1.36 bits per heavy atom. The summed E-state index contributed by atoms with van der Waals surface area (Å²) in [5, 5.41) is 2.95. The van der Waals surface area contributed by atoms with Crippen molar-refractivity contribution in [3.8, 4) is 5.75 Å². The lowest BCUT2D eigenvalue weighted by molar-refractivity contribution is -0.145. The van der Waals surface area contributed by atoms with E-state index in [1.807, 2.05) is 31.2 Å². The maximum absolute atomic E-state index is 12.7. The molecule has 1 aromatic rings. The van der Waals surface area contributed by atoms with Gasteiger partial charge in [-0.05, 0) is 37.8 Å². The Kier molecular flexibility index (Phi) is 3.10. The van der Waals surface area contributed by atoms with E-state index in [1.165, 1.54) is 0 Å². The number of nitrogens with one attached hydrogen (secondary N) is 1. The van der Waals surface area contributed by atoms with Gasteiger partial charge in [-0.15, -0.1) is 0 Å². The predicted octanol–water partition coefficient (Wildman–Crippen LogP) is 2.22. The Balaban J connectivity index is 1.55. The number of amides is 1. The molecule has 22 heavy (non-hydrogen) atoms. The van der Waals surface area contributed by atoms with Crippen molar-refractivity contribution in [3.05, 3.63) is 24.3 Å². The molecule has 3 aliphatic rings. The van der Waals surface area contributed by atoms with Gasteiger partial charge >= 0.3 is 5.97 Å². The van der Waals surface area contributed by atoms with Crippen molar-refractivity contribution in [1.29, 1.82) is 0 Å².